The molecule has 4 nitrogen and oxygen atoms in total. The van der Waals surface area contributed by atoms with E-state index in [-0.39, 0.29) is 18.5 Å². The topological polar surface area (TPSA) is 63.6 Å². The fraction of sp³-hybridized carbons (Fsp3) is 0.571. The van der Waals surface area contributed by atoms with Crippen molar-refractivity contribution in [2.75, 3.05) is 0 Å². The molecule has 0 aliphatic rings. The van der Waals surface area contributed by atoms with Gasteiger partial charge in [0.2, 0.25) is 0 Å². The van der Waals surface area contributed by atoms with Gasteiger partial charge in [-0.1, -0.05) is 137 Å². The van der Waals surface area contributed by atoms with Crippen molar-refractivity contribution in [1.29, 1.82) is 0 Å². The summed E-state index contributed by atoms with van der Waals surface area (Å²) < 4.78 is 5.84. The van der Waals surface area contributed by atoms with Gasteiger partial charge < -0.3 is 9.84 Å². The van der Waals surface area contributed by atoms with Crippen LogP contribution < -0.4 is 0 Å². The van der Waals surface area contributed by atoms with E-state index in [0.717, 1.165) is 103 Å². The summed E-state index contributed by atoms with van der Waals surface area (Å²) in [6.45, 7) is 4.38. The van der Waals surface area contributed by atoms with Gasteiger partial charge in [0.1, 0.15) is 6.10 Å². The van der Waals surface area contributed by atoms with Gasteiger partial charge in [0.15, 0.2) is 0 Å². The number of allylic oxidation sites excluding steroid dienone is 15. The number of carboxylic acid groups (broad SMARTS) is 1. The SMILES string of the molecule is CC/C=C\C/C=C\C/C=C\C/C=C\C/C=C\CCCC(=O)OC(/C=C\C/C=C\C/C=C\CCCCC)CCCCCCCC(=O)O. The van der Waals surface area contributed by atoms with Crippen LogP contribution in [0.25, 0.3) is 0 Å². The van der Waals surface area contributed by atoms with Gasteiger partial charge in [-0.2, -0.15) is 0 Å². The fourth-order valence-electron chi connectivity index (χ4n) is 4.61. The molecule has 1 atom stereocenters. The third-order valence-corrected chi connectivity index (χ3v) is 7.27. The van der Waals surface area contributed by atoms with E-state index in [1.807, 2.05) is 6.08 Å². The van der Waals surface area contributed by atoms with Crippen LogP contribution in [0.15, 0.2) is 97.2 Å². The maximum absolute atomic E-state index is 12.6. The molecular weight excluding hydrogens is 568 g/mol. The van der Waals surface area contributed by atoms with Gasteiger partial charge in [0.25, 0.3) is 0 Å². The first kappa shape index (κ1) is 42.9. The Morgan fingerprint density at radius 3 is 1.54 bits per heavy atom. The van der Waals surface area contributed by atoms with Crippen LogP contribution in [0.3, 0.4) is 0 Å². The molecule has 0 bridgehead atoms. The van der Waals surface area contributed by atoms with Crippen molar-refractivity contribution in [2.24, 2.45) is 0 Å². The Labute approximate surface area is 282 Å². The zero-order chi connectivity index (χ0) is 33.6. The second-order valence-corrected chi connectivity index (χ2v) is 11.7. The number of carboxylic acids is 1. The standard InChI is InChI=1S/C42H66O4/c1-3-5-7-9-11-13-15-16-17-18-19-20-22-24-26-31-35-39-42(45)46-40(37-33-29-27-30-34-38-41(43)44)36-32-28-25-23-21-14-12-10-8-6-4-2/h5,7,11-14,16-17,19-20,23-26,32,36,40H,3-4,6,8-10,15,18,21-22,27-31,33-35,37-39H2,1-2H3,(H,43,44)/b7-5-,13-11-,14-12-,17-16-,20-19-,25-23-,26-24-,36-32-. The van der Waals surface area contributed by atoms with Crippen molar-refractivity contribution < 1.29 is 19.4 Å². The summed E-state index contributed by atoms with van der Waals surface area (Å²) in [4.78, 5) is 23.3. The molecule has 1 unspecified atom stereocenters. The number of carbonyl (C=O) groups excluding carboxylic acids is 1. The molecule has 0 aromatic heterocycles. The average Bonchev–Trinajstić information content (AvgIpc) is 3.04. The smallest absolute Gasteiger partial charge is 0.306 e. The van der Waals surface area contributed by atoms with Crippen molar-refractivity contribution >= 4 is 11.9 Å². The number of ether oxygens (including phenoxy) is 1. The average molecular weight is 635 g/mol. The summed E-state index contributed by atoms with van der Waals surface area (Å²) in [5.41, 5.74) is 0. The summed E-state index contributed by atoms with van der Waals surface area (Å²) in [6.07, 6.45) is 54.3. The number of rotatable bonds is 31. The molecule has 0 radical (unpaired) electrons. The minimum absolute atomic E-state index is 0.132. The molecule has 0 aliphatic heterocycles. The molecule has 0 aromatic carbocycles. The van der Waals surface area contributed by atoms with E-state index < -0.39 is 5.97 Å². The van der Waals surface area contributed by atoms with Gasteiger partial charge in [-0.05, 0) is 96.0 Å². The molecule has 0 aliphatic carbocycles. The molecule has 0 heterocycles. The van der Waals surface area contributed by atoms with Gasteiger partial charge in [-0.15, -0.1) is 0 Å². The highest BCUT2D eigenvalue weighted by molar-refractivity contribution is 5.69. The van der Waals surface area contributed by atoms with Gasteiger partial charge >= 0.3 is 11.9 Å². The molecule has 4 heteroatoms. The predicted octanol–water partition coefficient (Wildman–Crippen LogP) is 12.7. The lowest BCUT2D eigenvalue weighted by Gasteiger charge is -2.14. The van der Waals surface area contributed by atoms with Gasteiger partial charge in [0, 0.05) is 12.8 Å². The largest absolute Gasteiger partial charge is 0.481 e. The molecule has 0 fully saturated rings. The summed E-state index contributed by atoms with van der Waals surface area (Å²) >= 11 is 0. The van der Waals surface area contributed by atoms with E-state index in [1.165, 1.54) is 19.3 Å². The number of aliphatic carboxylic acids is 1. The summed E-state index contributed by atoms with van der Waals surface area (Å²) in [5, 5.41) is 8.79. The van der Waals surface area contributed by atoms with E-state index in [4.69, 9.17) is 9.84 Å². The van der Waals surface area contributed by atoms with Crippen molar-refractivity contribution in [3.8, 4) is 0 Å². The molecule has 0 aromatic rings. The molecule has 1 N–H and O–H groups in total. The molecule has 258 valence electrons. The van der Waals surface area contributed by atoms with Crippen molar-refractivity contribution in [2.45, 2.75) is 155 Å². The highest BCUT2D eigenvalue weighted by Gasteiger charge is 2.11. The Bertz CT molecular complexity index is 945. The van der Waals surface area contributed by atoms with E-state index in [9.17, 15) is 9.59 Å². The van der Waals surface area contributed by atoms with Crippen LogP contribution in [0, 0.1) is 0 Å². The third kappa shape index (κ3) is 35.3. The van der Waals surface area contributed by atoms with Crippen LogP contribution in [-0.4, -0.2) is 23.1 Å². The zero-order valence-electron chi connectivity index (χ0n) is 29.3. The molecule has 46 heavy (non-hydrogen) atoms. The van der Waals surface area contributed by atoms with Gasteiger partial charge in [0.05, 0.1) is 0 Å². The highest BCUT2D eigenvalue weighted by atomic mass is 16.5. The van der Waals surface area contributed by atoms with Crippen LogP contribution in [-0.2, 0) is 14.3 Å². The van der Waals surface area contributed by atoms with E-state index in [1.54, 1.807) is 0 Å². The molecule has 0 saturated heterocycles. The number of hydrogen-bond donors (Lipinski definition) is 1. The number of hydrogen-bond acceptors (Lipinski definition) is 3. The van der Waals surface area contributed by atoms with Crippen molar-refractivity contribution in [3.63, 3.8) is 0 Å². The Kier molecular flexibility index (Phi) is 33.8. The molecule has 0 amide bonds. The Hall–Kier alpha value is -3.14. The second kappa shape index (κ2) is 36.3. The first-order chi connectivity index (χ1) is 22.6. The van der Waals surface area contributed by atoms with Gasteiger partial charge in [-0.3, -0.25) is 9.59 Å². The summed E-state index contributed by atoms with van der Waals surface area (Å²) in [7, 11) is 0. The predicted molar refractivity (Wildman–Crippen MR) is 199 cm³/mol. The minimum atomic E-state index is -0.726. The number of unbranched alkanes of at least 4 members (excludes halogenated alkanes) is 8. The second-order valence-electron chi connectivity index (χ2n) is 11.7. The maximum Gasteiger partial charge on any atom is 0.306 e. The van der Waals surface area contributed by atoms with Gasteiger partial charge in [-0.25, -0.2) is 0 Å². The van der Waals surface area contributed by atoms with Crippen LogP contribution in [0.1, 0.15) is 149 Å². The fourth-order valence-corrected chi connectivity index (χ4v) is 4.61. The molecule has 0 saturated carbocycles. The van der Waals surface area contributed by atoms with Crippen LogP contribution in [0.4, 0.5) is 0 Å². The Balaban J connectivity index is 4.34. The minimum Gasteiger partial charge on any atom is -0.481 e. The normalized spacial score (nSPS) is 13.4. The van der Waals surface area contributed by atoms with E-state index in [0.29, 0.717) is 6.42 Å². The van der Waals surface area contributed by atoms with Crippen LogP contribution in [0.2, 0.25) is 0 Å². The highest BCUT2D eigenvalue weighted by Crippen LogP contribution is 2.14. The molecule has 0 rings (SSSR count). The van der Waals surface area contributed by atoms with E-state index in [2.05, 4.69) is 105 Å². The van der Waals surface area contributed by atoms with Crippen LogP contribution >= 0.6 is 0 Å². The lowest BCUT2D eigenvalue weighted by atomic mass is 10.1. The van der Waals surface area contributed by atoms with Crippen molar-refractivity contribution in [3.05, 3.63) is 97.2 Å². The number of esters is 1. The monoisotopic (exact) mass is 634 g/mol. The van der Waals surface area contributed by atoms with Crippen LogP contribution in [0.5, 0.6) is 0 Å². The Morgan fingerprint density at radius 1 is 0.522 bits per heavy atom. The zero-order valence-corrected chi connectivity index (χ0v) is 29.3. The van der Waals surface area contributed by atoms with E-state index >= 15 is 0 Å². The van der Waals surface area contributed by atoms with Crippen molar-refractivity contribution in [1.82, 2.24) is 0 Å². The lowest BCUT2D eigenvalue weighted by Crippen LogP contribution is -2.16. The lowest BCUT2D eigenvalue weighted by molar-refractivity contribution is -0.147. The molecule has 0 spiro atoms. The quantitative estimate of drug-likeness (QED) is 0.0468. The number of carbonyl (C=O) groups is 2. The summed E-state index contributed by atoms with van der Waals surface area (Å²) in [5.74, 6) is -0.859. The molecular formula is C42H66O4. The first-order valence-electron chi connectivity index (χ1n) is 18.2. The maximum atomic E-state index is 12.6. The first-order valence-corrected chi connectivity index (χ1v) is 18.2. The third-order valence-electron chi connectivity index (χ3n) is 7.27. The summed E-state index contributed by atoms with van der Waals surface area (Å²) in [6, 6.07) is 0. The Morgan fingerprint density at radius 2 is 1.00 bits per heavy atom.